The van der Waals surface area contributed by atoms with E-state index in [4.69, 9.17) is 5.10 Å². The second-order valence-corrected chi connectivity index (χ2v) is 12.0. The second-order valence-electron chi connectivity index (χ2n) is 10.00. The van der Waals surface area contributed by atoms with Crippen molar-refractivity contribution in [3.63, 3.8) is 0 Å². The van der Waals surface area contributed by atoms with E-state index in [9.17, 15) is 8.42 Å². The number of hydrogen-bond donors (Lipinski definition) is 1. The van der Waals surface area contributed by atoms with Gasteiger partial charge in [-0.2, -0.15) is 0 Å². The molecule has 2 aromatic heterocycles. The van der Waals surface area contributed by atoms with Gasteiger partial charge in [0.05, 0.1) is 29.4 Å². The number of piperidine rings is 1. The molecule has 0 atom stereocenters. The molecule has 0 radical (unpaired) electrons. The molecule has 1 aliphatic heterocycles. The van der Waals surface area contributed by atoms with Gasteiger partial charge in [0.25, 0.3) is 0 Å². The Labute approximate surface area is 231 Å². The average Bonchev–Trinajstić information content (AvgIpc) is 3.37. The van der Waals surface area contributed by atoms with Gasteiger partial charge in [0, 0.05) is 43.1 Å². The average molecular weight is 548 g/mol. The van der Waals surface area contributed by atoms with Gasteiger partial charge in [0.2, 0.25) is 16.0 Å². The molecular formula is C29H37N7O2S. The molecule has 1 aliphatic rings. The molecule has 0 amide bonds. The van der Waals surface area contributed by atoms with Gasteiger partial charge >= 0.3 is 0 Å². The van der Waals surface area contributed by atoms with Crippen LogP contribution >= 0.6 is 0 Å². The number of fused-ring (bicyclic) bond motifs is 1. The van der Waals surface area contributed by atoms with E-state index < -0.39 is 10.0 Å². The third-order valence-electron chi connectivity index (χ3n) is 7.70. The maximum atomic E-state index is 12.2. The van der Waals surface area contributed by atoms with Crippen LogP contribution in [0.2, 0.25) is 0 Å². The summed E-state index contributed by atoms with van der Waals surface area (Å²) in [4.78, 5) is 9.53. The largest absolute Gasteiger partial charge is 0.371 e. The van der Waals surface area contributed by atoms with E-state index in [2.05, 4.69) is 58.2 Å². The fourth-order valence-corrected chi connectivity index (χ4v) is 5.94. The zero-order chi connectivity index (χ0) is 27.6. The third-order valence-corrected chi connectivity index (χ3v) is 8.89. The molecule has 1 saturated heterocycles. The van der Waals surface area contributed by atoms with Gasteiger partial charge in [0.1, 0.15) is 0 Å². The lowest BCUT2D eigenvalue weighted by Crippen LogP contribution is -2.44. The summed E-state index contributed by atoms with van der Waals surface area (Å²) in [6.45, 7) is 8.86. The number of para-hydroxylation sites is 1. The molecule has 1 N–H and O–H groups in total. The summed E-state index contributed by atoms with van der Waals surface area (Å²) in [5.74, 6) is 0.460. The van der Waals surface area contributed by atoms with Crippen LogP contribution in [0.4, 0.5) is 23.0 Å². The van der Waals surface area contributed by atoms with Crippen LogP contribution in [-0.2, 0) is 10.0 Å². The summed E-state index contributed by atoms with van der Waals surface area (Å²) in [7, 11) is -1.86. The SMILES string of the molecule is CCN(CC)C1CCN(c2ccc(Nc3ncc4ccc(-c5ccccc5N(C)S(C)(=O)=O)n4n3)cc2)CC1. The molecule has 2 aromatic carbocycles. The lowest BCUT2D eigenvalue weighted by Gasteiger charge is -2.38. The van der Waals surface area contributed by atoms with Gasteiger partial charge < -0.3 is 15.1 Å². The first-order valence-corrected chi connectivity index (χ1v) is 15.4. The maximum Gasteiger partial charge on any atom is 0.245 e. The molecule has 1 fully saturated rings. The van der Waals surface area contributed by atoms with Crippen LogP contribution in [0.5, 0.6) is 0 Å². The first-order chi connectivity index (χ1) is 18.8. The van der Waals surface area contributed by atoms with Crippen molar-refractivity contribution in [3.05, 3.63) is 66.9 Å². The number of nitrogens with one attached hydrogen (secondary N) is 1. The van der Waals surface area contributed by atoms with Crippen LogP contribution in [-0.4, -0.2) is 73.4 Å². The molecule has 0 bridgehead atoms. The normalized spacial score (nSPS) is 14.7. The predicted molar refractivity (Wildman–Crippen MR) is 160 cm³/mol. The van der Waals surface area contributed by atoms with E-state index >= 15 is 0 Å². The van der Waals surface area contributed by atoms with Crippen molar-refractivity contribution >= 4 is 38.6 Å². The quantitative estimate of drug-likeness (QED) is 0.321. The van der Waals surface area contributed by atoms with Crippen LogP contribution < -0.4 is 14.5 Å². The van der Waals surface area contributed by atoms with Crippen molar-refractivity contribution in [1.82, 2.24) is 19.5 Å². The Kier molecular flexibility index (Phi) is 7.76. The topological polar surface area (TPSA) is 86.1 Å². The van der Waals surface area contributed by atoms with Crippen molar-refractivity contribution in [1.29, 1.82) is 0 Å². The molecular weight excluding hydrogens is 510 g/mol. The first-order valence-electron chi connectivity index (χ1n) is 13.5. The van der Waals surface area contributed by atoms with E-state index in [1.54, 1.807) is 23.8 Å². The number of nitrogens with zero attached hydrogens (tertiary/aromatic N) is 6. The number of anilines is 4. The first kappa shape index (κ1) is 27.0. The zero-order valence-electron chi connectivity index (χ0n) is 23.1. The number of rotatable bonds is 9. The van der Waals surface area contributed by atoms with Crippen molar-refractivity contribution in [2.24, 2.45) is 0 Å². The van der Waals surface area contributed by atoms with Crippen LogP contribution in [0.15, 0.2) is 66.9 Å². The number of hydrogen-bond acceptors (Lipinski definition) is 7. The number of sulfonamides is 1. The molecule has 0 aliphatic carbocycles. The molecule has 0 unspecified atom stereocenters. The number of aromatic nitrogens is 3. The molecule has 3 heterocycles. The monoisotopic (exact) mass is 547 g/mol. The highest BCUT2D eigenvalue weighted by Gasteiger charge is 2.23. The van der Waals surface area contributed by atoms with Crippen LogP contribution in [0.25, 0.3) is 16.8 Å². The predicted octanol–water partition coefficient (Wildman–Crippen LogP) is 4.85. The van der Waals surface area contributed by atoms with E-state index in [0.717, 1.165) is 48.6 Å². The molecule has 0 saturated carbocycles. The summed E-state index contributed by atoms with van der Waals surface area (Å²) in [6, 6.07) is 20.4. The Hall–Kier alpha value is -3.63. The highest BCUT2D eigenvalue weighted by molar-refractivity contribution is 7.92. The third kappa shape index (κ3) is 5.72. The Morgan fingerprint density at radius 1 is 0.974 bits per heavy atom. The van der Waals surface area contributed by atoms with Crippen molar-refractivity contribution in [2.45, 2.75) is 32.7 Å². The molecule has 9 nitrogen and oxygen atoms in total. The summed E-state index contributed by atoms with van der Waals surface area (Å²) in [6.07, 6.45) is 5.34. The van der Waals surface area contributed by atoms with Crippen LogP contribution in [0.3, 0.4) is 0 Å². The number of benzene rings is 2. The Morgan fingerprint density at radius 2 is 1.67 bits per heavy atom. The summed E-state index contributed by atoms with van der Waals surface area (Å²) in [5.41, 5.74) is 5.09. The van der Waals surface area contributed by atoms with Gasteiger partial charge in [0.15, 0.2) is 0 Å². The molecule has 0 spiro atoms. The minimum Gasteiger partial charge on any atom is -0.371 e. The molecule has 4 aromatic rings. The fraction of sp³-hybridized carbons (Fsp3) is 0.379. The van der Waals surface area contributed by atoms with Crippen molar-refractivity contribution < 1.29 is 8.42 Å². The molecule has 206 valence electrons. The van der Waals surface area contributed by atoms with E-state index in [1.165, 1.54) is 29.1 Å². The van der Waals surface area contributed by atoms with E-state index in [0.29, 0.717) is 17.7 Å². The van der Waals surface area contributed by atoms with Crippen molar-refractivity contribution in [2.75, 3.05) is 54.0 Å². The minimum absolute atomic E-state index is 0.460. The second kappa shape index (κ2) is 11.2. The fourth-order valence-electron chi connectivity index (χ4n) is 5.42. The van der Waals surface area contributed by atoms with Gasteiger partial charge in [-0.1, -0.05) is 32.0 Å². The van der Waals surface area contributed by atoms with E-state index in [-0.39, 0.29) is 0 Å². The van der Waals surface area contributed by atoms with Gasteiger partial charge in [-0.3, -0.25) is 4.31 Å². The zero-order valence-corrected chi connectivity index (χ0v) is 23.9. The Morgan fingerprint density at radius 3 is 2.33 bits per heavy atom. The van der Waals surface area contributed by atoms with Crippen LogP contribution in [0.1, 0.15) is 26.7 Å². The molecule has 39 heavy (non-hydrogen) atoms. The highest BCUT2D eigenvalue weighted by Crippen LogP contribution is 2.32. The Balaban J connectivity index is 1.33. The highest BCUT2D eigenvalue weighted by atomic mass is 32.2. The van der Waals surface area contributed by atoms with E-state index in [1.807, 2.05) is 30.3 Å². The maximum absolute atomic E-state index is 12.2. The lowest BCUT2D eigenvalue weighted by atomic mass is 10.0. The standard InChI is InChI=1S/C29H37N7O2S/c1-5-34(6-2)24-17-19-35(20-18-24)23-13-11-22(12-14-23)31-29-30-21-25-15-16-28(36(25)32-29)26-9-7-8-10-27(26)33(3)39(4,37)38/h7-16,21,24H,5-6,17-20H2,1-4H3,(H,31,32). The minimum atomic E-state index is -3.42. The smallest absolute Gasteiger partial charge is 0.245 e. The van der Waals surface area contributed by atoms with Gasteiger partial charge in [-0.15, -0.1) is 5.10 Å². The van der Waals surface area contributed by atoms with Crippen LogP contribution in [0, 0.1) is 0 Å². The van der Waals surface area contributed by atoms with Gasteiger partial charge in [-0.05, 0) is 68.4 Å². The lowest BCUT2D eigenvalue weighted by molar-refractivity contribution is 0.186. The Bertz CT molecular complexity index is 1520. The summed E-state index contributed by atoms with van der Waals surface area (Å²) >= 11 is 0. The molecule has 5 rings (SSSR count). The van der Waals surface area contributed by atoms with Crippen molar-refractivity contribution in [3.8, 4) is 11.3 Å². The molecule has 10 heteroatoms. The summed E-state index contributed by atoms with van der Waals surface area (Å²) < 4.78 is 27.6. The summed E-state index contributed by atoms with van der Waals surface area (Å²) in [5, 5.41) is 8.05. The van der Waals surface area contributed by atoms with Gasteiger partial charge in [-0.25, -0.2) is 17.9 Å².